The van der Waals surface area contributed by atoms with Crippen molar-refractivity contribution in [3.8, 4) is 11.5 Å². The third-order valence-corrected chi connectivity index (χ3v) is 5.48. The number of halogens is 2. The Hall–Kier alpha value is -3.84. The molecule has 168 valence electrons. The Kier molecular flexibility index (Phi) is 6.33. The number of hydrogen-bond donors (Lipinski definition) is 1. The molecular weight excluding hydrogens is 447 g/mol. The summed E-state index contributed by atoms with van der Waals surface area (Å²) < 4.78 is 24.3. The molecule has 0 aromatic heterocycles. The van der Waals surface area contributed by atoms with Gasteiger partial charge in [-0.15, -0.1) is 0 Å². The summed E-state index contributed by atoms with van der Waals surface area (Å²) >= 11 is 6.14. The smallest absolute Gasteiger partial charge is 0.278 e. The van der Waals surface area contributed by atoms with E-state index in [0.29, 0.717) is 33.3 Å². The van der Waals surface area contributed by atoms with Gasteiger partial charge in [0.2, 0.25) is 0 Å². The van der Waals surface area contributed by atoms with Gasteiger partial charge in [0, 0.05) is 10.6 Å². The van der Waals surface area contributed by atoms with Crippen LogP contribution in [0.25, 0.3) is 5.57 Å². The second-order valence-corrected chi connectivity index (χ2v) is 7.67. The number of para-hydroxylation sites is 1. The molecule has 0 radical (unpaired) electrons. The van der Waals surface area contributed by atoms with Crippen LogP contribution in [0.15, 0.2) is 72.4 Å². The van der Waals surface area contributed by atoms with E-state index in [1.807, 2.05) is 0 Å². The summed E-state index contributed by atoms with van der Waals surface area (Å²) in [6.45, 7) is 0.00420. The summed E-state index contributed by atoms with van der Waals surface area (Å²) in [5, 5.41) is 3.44. The minimum Gasteiger partial charge on any atom is -0.496 e. The second kappa shape index (κ2) is 9.34. The molecule has 0 aliphatic carbocycles. The number of imide groups is 1. The largest absolute Gasteiger partial charge is 0.496 e. The van der Waals surface area contributed by atoms with E-state index < -0.39 is 17.6 Å². The van der Waals surface area contributed by atoms with Crippen LogP contribution < -0.4 is 14.8 Å². The van der Waals surface area contributed by atoms with Gasteiger partial charge >= 0.3 is 0 Å². The fourth-order valence-corrected chi connectivity index (χ4v) is 3.81. The Labute approximate surface area is 195 Å². The molecule has 8 heteroatoms. The zero-order valence-electron chi connectivity index (χ0n) is 17.9. The number of methoxy groups -OCH3 is 2. The van der Waals surface area contributed by atoms with Gasteiger partial charge < -0.3 is 14.8 Å². The molecule has 1 aliphatic rings. The molecule has 0 fully saturated rings. The highest BCUT2D eigenvalue weighted by Gasteiger charge is 2.39. The molecule has 4 rings (SSSR count). The third kappa shape index (κ3) is 4.40. The summed E-state index contributed by atoms with van der Waals surface area (Å²) in [6.07, 6.45) is 0. The van der Waals surface area contributed by atoms with E-state index in [1.54, 1.807) is 42.5 Å². The quantitative estimate of drug-likeness (QED) is 0.502. The Bertz CT molecular complexity index is 1260. The Balaban J connectivity index is 1.78. The van der Waals surface area contributed by atoms with Gasteiger partial charge in [-0.25, -0.2) is 4.39 Å². The third-order valence-electron chi connectivity index (χ3n) is 5.24. The zero-order chi connectivity index (χ0) is 23.5. The lowest BCUT2D eigenvalue weighted by molar-refractivity contribution is -0.137. The van der Waals surface area contributed by atoms with Gasteiger partial charge in [0.25, 0.3) is 11.8 Å². The van der Waals surface area contributed by atoms with Crippen LogP contribution in [0.1, 0.15) is 11.1 Å². The molecule has 3 aromatic carbocycles. The maximum atomic E-state index is 13.5. The van der Waals surface area contributed by atoms with Crippen molar-refractivity contribution in [3.63, 3.8) is 0 Å². The first-order valence-electron chi connectivity index (χ1n) is 10.0. The van der Waals surface area contributed by atoms with Crippen LogP contribution in [0.5, 0.6) is 11.5 Å². The first-order chi connectivity index (χ1) is 15.9. The van der Waals surface area contributed by atoms with Crippen molar-refractivity contribution in [1.82, 2.24) is 4.90 Å². The number of hydrogen-bond acceptors (Lipinski definition) is 5. The van der Waals surface area contributed by atoms with Crippen LogP contribution in [0.2, 0.25) is 5.02 Å². The normalized spacial score (nSPS) is 13.5. The fourth-order valence-electron chi connectivity index (χ4n) is 3.64. The van der Waals surface area contributed by atoms with Crippen LogP contribution >= 0.6 is 11.6 Å². The van der Waals surface area contributed by atoms with E-state index in [1.165, 1.54) is 38.5 Å². The number of carbonyl (C=O) groups excluding carboxylic acids is 2. The van der Waals surface area contributed by atoms with Gasteiger partial charge in [-0.3, -0.25) is 14.5 Å². The Morgan fingerprint density at radius 3 is 2.30 bits per heavy atom. The van der Waals surface area contributed by atoms with Crippen molar-refractivity contribution in [2.24, 2.45) is 0 Å². The van der Waals surface area contributed by atoms with Gasteiger partial charge in [0.15, 0.2) is 0 Å². The maximum absolute atomic E-state index is 13.5. The molecular formula is C25H20ClFN2O4. The van der Waals surface area contributed by atoms with Crippen LogP contribution in [0, 0.1) is 5.82 Å². The van der Waals surface area contributed by atoms with Gasteiger partial charge in [0.05, 0.1) is 32.0 Å². The summed E-state index contributed by atoms with van der Waals surface area (Å²) in [7, 11) is 3.01. The first kappa shape index (κ1) is 22.4. The van der Waals surface area contributed by atoms with Gasteiger partial charge in [-0.2, -0.15) is 0 Å². The van der Waals surface area contributed by atoms with Gasteiger partial charge in [0.1, 0.15) is 23.0 Å². The molecule has 0 atom stereocenters. The number of nitrogens with one attached hydrogen (secondary N) is 1. The molecule has 3 aromatic rings. The average molecular weight is 467 g/mol. The van der Waals surface area contributed by atoms with E-state index in [4.69, 9.17) is 21.1 Å². The molecule has 0 saturated heterocycles. The van der Waals surface area contributed by atoms with Crippen molar-refractivity contribution >= 4 is 34.7 Å². The predicted molar refractivity (Wildman–Crippen MR) is 123 cm³/mol. The summed E-state index contributed by atoms with van der Waals surface area (Å²) in [5.74, 6) is -0.505. The molecule has 33 heavy (non-hydrogen) atoms. The van der Waals surface area contributed by atoms with Crippen LogP contribution in [-0.2, 0) is 16.1 Å². The standard InChI is InChI=1S/C25H20ClFN2O4/c1-32-20-6-4-3-5-16(20)14-29-24(30)22(15-7-10-18(27)11-8-15)23(25(29)31)28-19-13-17(26)9-12-21(19)33-2/h3-13,28H,14H2,1-2H3. The summed E-state index contributed by atoms with van der Waals surface area (Å²) in [5.41, 5.74) is 1.65. The van der Waals surface area contributed by atoms with E-state index in [0.717, 1.165) is 4.90 Å². The van der Waals surface area contributed by atoms with E-state index >= 15 is 0 Å². The van der Waals surface area contributed by atoms with Crippen molar-refractivity contribution in [1.29, 1.82) is 0 Å². The summed E-state index contributed by atoms with van der Waals surface area (Å²) in [6, 6.07) is 17.4. The highest BCUT2D eigenvalue weighted by Crippen LogP contribution is 2.36. The number of nitrogens with zero attached hydrogens (tertiary/aromatic N) is 1. The van der Waals surface area contributed by atoms with Crippen LogP contribution in [0.3, 0.4) is 0 Å². The molecule has 1 N–H and O–H groups in total. The first-order valence-corrected chi connectivity index (χ1v) is 10.4. The van der Waals surface area contributed by atoms with Crippen molar-refractivity contribution < 1.29 is 23.5 Å². The number of anilines is 1. The lowest BCUT2D eigenvalue weighted by atomic mass is 10.0. The minimum atomic E-state index is -0.535. The fraction of sp³-hybridized carbons (Fsp3) is 0.120. The monoisotopic (exact) mass is 466 g/mol. The zero-order valence-corrected chi connectivity index (χ0v) is 18.7. The van der Waals surface area contributed by atoms with Gasteiger partial charge in [-0.1, -0.05) is 41.9 Å². The van der Waals surface area contributed by atoms with E-state index in [2.05, 4.69) is 5.32 Å². The SMILES string of the molecule is COc1ccccc1CN1C(=O)C(Nc2cc(Cl)ccc2OC)=C(c2ccc(F)cc2)C1=O. The van der Waals surface area contributed by atoms with Gasteiger partial charge in [-0.05, 0) is 42.0 Å². The highest BCUT2D eigenvalue weighted by atomic mass is 35.5. The lowest BCUT2D eigenvalue weighted by Crippen LogP contribution is -2.32. The number of amides is 2. The van der Waals surface area contributed by atoms with Crippen molar-refractivity contribution in [2.75, 3.05) is 19.5 Å². The summed E-state index contributed by atoms with van der Waals surface area (Å²) in [4.78, 5) is 28.0. The van der Waals surface area contributed by atoms with E-state index in [-0.39, 0.29) is 17.8 Å². The Morgan fingerprint density at radius 1 is 0.909 bits per heavy atom. The second-order valence-electron chi connectivity index (χ2n) is 7.23. The number of carbonyl (C=O) groups is 2. The van der Waals surface area contributed by atoms with Crippen LogP contribution in [-0.4, -0.2) is 30.9 Å². The molecule has 1 aliphatic heterocycles. The molecule has 0 saturated carbocycles. The maximum Gasteiger partial charge on any atom is 0.278 e. The highest BCUT2D eigenvalue weighted by molar-refractivity contribution is 6.36. The van der Waals surface area contributed by atoms with Crippen molar-refractivity contribution in [3.05, 3.63) is 94.4 Å². The molecule has 0 spiro atoms. The molecule has 0 bridgehead atoms. The van der Waals surface area contributed by atoms with Crippen molar-refractivity contribution in [2.45, 2.75) is 6.54 Å². The van der Waals surface area contributed by atoms with E-state index in [9.17, 15) is 14.0 Å². The number of rotatable bonds is 7. The molecule has 2 amide bonds. The predicted octanol–water partition coefficient (Wildman–Crippen LogP) is 4.89. The molecule has 1 heterocycles. The number of ether oxygens (including phenoxy) is 2. The van der Waals surface area contributed by atoms with Crippen LogP contribution in [0.4, 0.5) is 10.1 Å². The molecule has 6 nitrogen and oxygen atoms in total. The number of benzene rings is 3. The topological polar surface area (TPSA) is 67.9 Å². The lowest BCUT2D eigenvalue weighted by Gasteiger charge is -2.17. The molecule has 0 unspecified atom stereocenters. The average Bonchev–Trinajstić information content (AvgIpc) is 3.04. The Morgan fingerprint density at radius 2 is 1.61 bits per heavy atom. The minimum absolute atomic E-state index is 0.00420.